The van der Waals surface area contributed by atoms with E-state index in [1.165, 1.54) is 6.20 Å². The van der Waals surface area contributed by atoms with Crippen molar-refractivity contribution in [3.05, 3.63) is 60.3 Å². The molecule has 0 fully saturated rings. The molecule has 0 atom stereocenters. The highest BCUT2D eigenvalue weighted by Crippen LogP contribution is 2.24. The molecule has 0 bridgehead atoms. The molecule has 2 aromatic carbocycles. The smallest absolute Gasteiger partial charge is 0.261 e. The van der Waals surface area contributed by atoms with Crippen molar-refractivity contribution < 1.29 is 13.2 Å². The summed E-state index contributed by atoms with van der Waals surface area (Å²) in [5.41, 5.74) is 2.04. The largest absolute Gasteiger partial charge is 0.493 e. The molecule has 0 saturated carbocycles. The number of ether oxygens (including phenoxy) is 1. The van der Waals surface area contributed by atoms with Crippen molar-refractivity contribution in [3.8, 4) is 5.75 Å². The zero-order valence-electron chi connectivity index (χ0n) is 14.2. The Balaban J connectivity index is 1.86. The Bertz CT molecular complexity index is 1000. The third-order valence-electron chi connectivity index (χ3n) is 3.76. The van der Waals surface area contributed by atoms with Gasteiger partial charge in [-0.3, -0.25) is 9.71 Å². The molecule has 0 spiro atoms. The summed E-state index contributed by atoms with van der Waals surface area (Å²) in [7, 11) is -3.69. The lowest BCUT2D eigenvalue weighted by Crippen LogP contribution is -2.13. The Kier molecular flexibility index (Phi) is 4.90. The van der Waals surface area contributed by atoms with Gasteiger partial charge >= 0.3 is 0 Å². The van der Waals surface area contributed by atoms with Gasteiger partial charge in [0.1, 0.15) is 5.75 Å². The maximum absolute atomic E-state index is 12.6. The lowest BCUT2D eigenvalue weighted by Gasteiger charge is -2.12. The van der Waals surface area contributed by atoms with E-state index in [0.29, 0.717) is 18.0 Å². The third-order valence-corrected chi connectivity index (χ3v) is 5.14. The zero-order valence-corrected chi connectivity index (χ0v) is 15.0. The first-order valence-electron chi connectivity index (χ1n) is 8.10. The molecule has 3 rings (SSSR count). The van der Waals surface area contributed by atoms with Crippen LogP contribution in [0.25, 0.3) is 10.9 Å². The fourth-order valence-corrected chi connectivity index (χ4v) is 3.62. The van der Waals surface area contributed by atoms with Crippen LogP contribution < -0.4 is 9.46 Å². The van der Waals surface area contributed by atoms with E-state index < -0.39 is 10.0 Å². The number of pyridine rings is 1. The first-order valence-corrected chi connectivity index (χ1v) is 9.59. The zero-order chi connectivity index (χ0) is 17.9. The van der Waals surface area contributed by atoms with E-state index in [4.69, 9.17) is 4.74 Å². The molecule has 0 saturated heterocycles. The summed E-state index contributed by atoms with van der Waals surface area (Å²) in [5, 5.41) is 0.877. The number of fused-ring (bicyclic) bond motifs is 1. The molecule has 25 heavy (non-hydrogen) atoms. The highest BCUT2D eigenvalue weighted by molar-refractivity contribution is 7.92. The van der Waals surface area contributed by atoms with Gasteiger partial charge in [-0.25, -0.2) is 8.42 Å². The number of hydrogen-bond donors (Lipinski definition) is 1. The van der Waals surface area contributed by atoms with Gasteiger partial charge in [-0.05, 0) is 49.2 Å². The first kappa shape index (κ1) is 17.2. The predicted molar refractivity (Wildman–Crippen MR) is 99.5 cm³/mol. The molecular formula is C19H20N2O3S. The van der Waals surface area contributed by atoms with Gasteiger partial charge in [0, 0.05) is 5.39 Å². The lowest BCUT2D eigenvalue weighted by atomic mass is 10.2. The molecule has 1 N–H and O–H groups in total. The minimum atomic E-state index is -3.69. The minimum absolute atomic E-state index is 0.196. The summed E-state index contributed by atoms with van der Waals surface area (Å²) in [6.07, 6.45) is 2.42. The van der Waals surface area contributed by atoms with Crippen LogP contribution in [0.5, 0.6) is 5.75 Å². The Hall–Kier alpha value is -2.60. The second-order valence-corrected chi connectivity index (χ2v) is 7.48. The number of rotatable bonds is 6. The number of aromatic nitrogens is 1. The van der Waals surface area contributed by atoms with Crippen LogP contribution in [0.4, 0.5) is 5.69 Å². The number of sulfonamides is 1. The Morgan fingerprint density at radius 1 is 1.12 bits per heavy atom. The molecule has 3 aromatic rings. The maximum atomic E-state index is 12.6. The van der Waals surface area contributed by atoms with Crippen molar-refractivity contribution in [2.45, 2.75) is 25.2 Å². The van der Waals surface area contributed by atoms with E-state index in [0.717, 1.165) is 22.9 Å². The molecule has 130 valence electrons. The topological polar surface area (TPSA) is 68.3 Å². The van der Waals surface area contributed by atoms with Gasteiger partial charge in [0.2, 0.25) is 0 Å². The molecule has 1 aromatic heterocycles. The van der Waals surface area contributed by atoms with E-state index in [-0.39, 0.29) is 4.90 Å². The SMILES string of the molecule is CCCOc1ccc(S(=O)(=O)Nc2cnc3ccccc3c2)cc1C. The molecule has 5 nitrogen and oxygen atoms in total. The molecule has 0 amide bonds. The van der Waals surface area contributed by atoms with E-state index >= 15 is 0 Å². The molecule has 6 heteroatoms. The number of aryl methyl sites for hydroxylation is 1. The van der Waals surface area contributed by atoms with Crippen LogP contribution in [0.3, 0.4) is 0 Å². The number of hydrogen-bond acceptors (Lipinski definition) is 4. The van der Waals surface area contributed by atoms with E-state index in [1.807, 2.05) is 38.1 Å². The molecule has 1 heterocycles. The summed E-state index contributed by atoms with van der Waals surface area (Å²) in [6, 6.07) is 14.2. The van der Waals surface area contributed by atoms with Crippen molar-refractivity contribution in [1.29, 1.82) is 0 Å². The van der Waals surface area contributed by atoms with Crippen LogP contribution in [-0.2, 0) is 10.0 Å². The normalized spacial score (nSPS) is 11.4. The predicted octanol–water partition coefficient (Wildman–Crippen LogP) is 4.13. The van der Waals surface area contributed by atoms with Gasteiger partial charge in [-0.15, -0.1) is 0 Å². The fourth-order valence-electron chi connectivity index (χ4n) is 2.50. The van der Waals surface area contributed by atoms with Crippen LogP contribution in [0.1, 0.15) is 18.9 Å². The Morgan fingerprint density at radius 3 is 2.68 bits per heavy atom. The van der Waals surface area contributed by atoms with Gasteiger partial charge in [-0.2, -0.15) is 0 Å². The van der Waals surface area contributed by atoms with E-state index in [2.05, 4.69) is 9.71 Å². The third kappa shape index (κ3) is 3.91. The Morgan fingerprint density at radius 2 is 1.92 bits per heavy atom. The van der Waals surface area contributed by atoms with Gasteiger partial charge < -0.3 is 4.74 Å². The van der Waals surface area contributed by atoms with Gasteiger partial charge in [-0.1, -0.05) is 25.1 Å². The average molecular weight is 356 g/mol. The molecule has 0 aliphatic rings. The molecule has 0 radical (unpaired) electrons. The second-order valence-electron chi connectivity index (χ2n) is 5.80. The standard InChI is InChI=1S/C19H20N2O3S/c1-3-10-24-19-9-8-17(11-14(19)2)25(22,23)21-16-12-15-6-4-5-7-18(15)20-13-16/h4-9,11-13,21H,3,10H2,1-2H3. The van der Waals surface area contributed by atoms with Crippen LogP contribution in [0.2, 0.25) is 0 Å². The van der Waals surface area contributed by atoms with Crippen LogP contribution >= 0.6 is 0 Å². The minimum Gasteiger partial charge on any atom is -0.493 e. The molecule has 0 aliphatic carbocycles. The quantitative estimate of drug-likeness (QED) is 0.721. The number of nitrogens with one attached hydrogen (secondary N) is 1. The monoisotopic (exact) mass is 356 g/mol. The molecule has 0 aliphatic heterocycles. The summed E-state index contributed by atoms with van der Waals surface area (Å²) in [6.45, 7) is 4.46. The van der Waals surface area contributed by atoms with Crippen LogP contribution in [0, 0.1) is 6.92 Å². The van der Waals surface area contributed by atoms with Crippen molar-refractivity contribution in [1.82, 2.24) is 4.98 Å². The number of anilines is 1. The van der Waals surface area contributed by atoms with Crippen molar-refractivity contribution in [3.63, 3.8) is 0 Å². The van der Waals surface area contributed by atoms with Crippen LogP contribution in [0.15, 0.2) is 59.6 Å². The van der Waals surface area contributed by atoms with Crippen molar-refractivity contribution in [2.24, 2.45) is 0 Å². The first-order chi connectivity index (χ1) is 12.0. The van der Waals surface area contributed by atoms with E-state index in [9.17, 15) is 8.42 Å². The van der Waals surface area contributed by atoms with Gasteiger partial charge in [0.15, 0.2) is 0 Å². The summed E-state index contributed by atoms with van der Waals surface area (Å²) < 4.78 is 33.5. The highest BCUT2D eigenvalue weighted by Gasteiger charge is 2.16. The number of nitrogens with zero attached hydrogens (tertiary/aromatic N) is 1. The van der Waals surface area contributed by atoms with Gasteiger partial charge in [0.25, 0.3) is 10.0 Å². The summed E-state index contributed by atoms with van der Waals surface area (Å²) in [5.74, 6) is 0.702. The average Bonchev–Trinajstić information content (AvgIpc) is 2.60. The second kappa shape index (κ2) is 7.11. The van der Waals surface area contributed by atoms with Crippen molar-refractivity contribution >= 4 is 26.6 Å². The summed E-state index contributed by atoms with van der Waals surface area (Å²) in [4.78, 5) is 4.47. The lowest BCUT2D eigenvalue weighted by molar-refractivity contribution is 0.315. The molecule has 0 unspecified atom stereocenters. The van der Waals surface area contributed by atoms with Crippen LogP contribution in [-0.4, -0.2) is 20.0 Å². The molecular weight excluding hydrogens is 336 g/mol. The number of para-hydroxylation sites is 1. The van der Waals surface area contributed by atoms with Crippen molar-refractivity contribution in [2.75, 3.05) is 11.3 Å². The fraction of sp³-hybridized carbons (Fsp3) is 0.211. The number of benzene rings is 2. The van der Waals surface area contributed by atoms with Gasteiger partial charge in [0.05, 0.1) is 28.9 Å². The highest BCUT2D eigenvalue weighted by atomic mass is 32.2. The summed E-state index contributed by atoms with van der Waals surface area (Å²) >= 11 is 0. The van der Waals surface area contributed by atoms with E-state index in [1.54, 1.807) is 24.3 Å². The maximum Gasteiger partial charge on any atom is 0.261 e. The Labute approximate surface area is 147 Å².